The molecule has 0 aliphatic rings. The highest BCUT2D eigenvalue weighted by molar-refractivity contribution is 9.10. The molecule has 1 aromatic carbocycles. The lowest BCUT2D eigenvalue weighted by atomic mass is 10.0. The number of hydrogen-bond acceptors (Lipinski definition) is 3. The number of H-pyrrole nitrogens is 2. The minimum absolute atomic E-state index is 0.234. The number of nitrogens with two attached hydrogens (primary N) is 1. The summed E-state index contributed by atoms with van der Waals surface area (Å²) in [5.74, 6) is 0.720. The summed E-state index contributed by atoms with van der Waals surface area (Å²) in [6.45, 7) is 1.95. The molecule has 1 unspecified atom stereocenters. The minimum atomic E-state index is -0.382. The molecule has 0 fully saturated rings. The van der Waals surface area contributed by atoms with Crippen molar-refractivity contribution in [3.05, 3.63) is 56.3 Å². The van der Waals surface area contributed by atoms with E-state index in [0.29, 0.717) is 0 Å². The van der Waals surface area contributed by atoms with Crippen molar-refractivity contribution < 1.29 is 4.42 Å². The minimum Gasteiger partial charge on any atom is -0.467 e. The van der Waals surface area contributed by atoms with Crippen LogP contribution < -0.4 is 11.4 Å². The van der Waals surface area contributed by atoms with Crippen LogP contribution in [-0.4, -0.2) is 9.97 Å². The van der Waals surface area contributed by atoms with Gasteiger partial charge in [0, 0.05) is 4.47 Å². The van der Waals surface area contributed by atoms with Crippen molar-refractivity contribution in [3.8, 4) is 0 Å². The molecule has 4 N–H and O–H groups in total. The number of hydrogen-bond donors (Lipinski definition) is 3. The maximum absolute atomic E-state index is 11.3. The number of aryl methyl sites for hydroxylation is 1. The number of furan rings is 1. The molecule has 19 heavy (non-hydrogen) atoms. The third kappa shape index (κ3) is 2.02. The first kappa shape index (κ1) is 12.3. The van der Waals surface area contributed by atoms with Crippen molar-refractivity contribution in [1.29, 1.82) is 0 Å². The van der Waals surface area contributed by atoms with E-state index in [0.717, 1.165) is 32.4 Å². The first-order chi connectivity index (χ1) is 9.06. The Kier molecular flexibility index (Phi) is 2.83. The Bertz CT molecular complexity index is 800. The second kappa shape index (κ2) is 4.40. The molecule has 0 amide bonds. The van der Waals surface area contributed by atoms with Gasteiger partial charge in [0.2, 0.25) is 0 Å². The van der Waals surface area contributed by atoms with Crippen LogP contribution in [0.5, 0.6) is 0 Å². The van der Waals surface area contributed by atoms with Crippen LogP contribution in [0.25, 0.3) is 11.0 Å². The van der Waals surface area contributed by atoms with E-state index in [9.17, 15) is 4.79 Å². The van der Waals surface area contributed by atoms with Crippen LogP contribution in [0.1, 0.15) is 22.9 Å². The van der Waals surface area contributed by atoms with E-state index >= 15 is 0 Å². The summed E-state index contributed by atoms with van der Waals surface area (Å²) in [6.07, 6.45) is 1.62. The van der Waals surface area contributed by atoms with Crippen LogP contribution in [0.4, 0.5) is 0 Å². The Morgan fingerprint density at radius 1 is 1.32 bits per heavy atom. The van der Waals surface area contributed by atoms with Gasteiger partial charge >= 0.3 is 5.69 Å². The normalized spacial score (nSPS) is 13.0. The number of rotatable bonds is 2. The predicted molar refractivity (Wildman–Crippen MR) is 76.1 cm³/mol. The zero-order valence-electron chi connectivity index (χ0n) is 10.2. The molecule has 0 saturated carbocycles. The molecule has 0 radical (unpaired) electrons. The summed E-state index contributed by atoms with van der Waals surface area (Å²) < 4.78 is 6.26. The summed E-state index contributed by atoms with van der Waals surface area (Å²) in [6, 6.07) is 5.18. The first-order valence-corrected chi connectivity index (χ1v) is 6.56. The average molecular weight is 322 g/mol. The molecular weight excluding hydrogens is 310 g/mol. The molecule has 98 valence electrons. The van der Waals surface area contributed by atoms with Crippen molar-refractivity contribution in [1.82, 2.24) is 9.97 Å². The predicted octanol–water partition coefficient (Wildman–Crippen LogP) is 2.57. The fraction of sp³-hybridized carbons (Fsp3) is 0.154. The molecule has 2 aromatic heterocycles. The largest absolute Gasteiger partial charge is 0.467 e. The highest BCUT2D eigenvalue weighted by atomic mass is 79.9. The van der Waals surface area contributed by atoms with E-state index in [2.05, 4.69) is 25.9 Å². The monoisotopic (exact) mass is 321 g/mol. The summed E-state index contributed by atoms with van der Waals surface area (Å²) in [5, 5.41) is 0. The topological polar surface area (TPSA) is 87.8 Å². The van der Waals surface area contributed by atoms with Gasteiger partial charge in [0.1, 0.15) is 5.76 Å². The lowest BCUT2D eigenvalue weighted by Gasteiger charge is -2.12. The lowest BCUT2D eigenvalue weighted by molar-refractivity contribution is 0.486. The average Bonchev–Trinajstić information content (AvgIpc) is 2.92. The lowest BCUT2D eigenvalue weighted by Crippen LogP contribution is -2.12. The molecule has 0 saturated heterocycles. The number of aromatic amines is 2. The maximum atomic E-state index is 11.3. The number of benzene rings is 1. The number of fused-ring (bicyclic) bond motifs is 1. The van der Waals surface area contributed by atoms with E-state index < -0.39 is 0 Å². The van der Waals surface area contributed by atoms with Gasteiger partial charge in [-0.1, -0.05) is 15.9 Å². The number of aromatic nitrogens is 2. The Labute approximate surface area is 116 Å². The zero-order chi connectivity index (χ0) is 13.6. The van der Waals surface area contributed by atoms with Crippen molar-refractivity contribution in [2.75, 3.05) is 0 Å². The summed E-state index contributed by atoms with van der Waals surface area (Å²) in [5.41, 5.74) is 9.33. The van der Waals surface area contributed by atoms with Gasteiger partial charge in [-0.2, -0.15) is 0 Å². The van der Waals surface area contributed by atoms with Gasteiger partial charge in [-0.25, -0.2) is 4.79 Å². The van der Waals surface area contributed by atoms with Gasteiger partial charge in [0.15, 0.2) is 0 Å². The maximum Gasteiger partial charge on any atom is 0.323 e. The second-order valence-corrected chi connectivity index (χ2v) is 5.30. The Hall–Kier alpha value is -1.79. The molecule has 3 aromatic rings. The van der Waals surface area contributed by atoms with Crippen molar-refractivity contribution in [2.24, 2.45) is 5.73 Å². The molecular formula is C13H12BrN3O2. The van der Waals surface area contributed by atoms with Gasteiger partial charge in [0.25, 0.3) is 0 Å². The van der Waals surface area contributed by atoms with Crippen LogP contribution in [0.2, 0.25) is 0 Å². The Morgan fingerprint density at radius 2 is 2.00 bits per heavy atom. The number of halogens is 1. The highest BCUT2D eigenvalue weighted by Crippen LogP contribution is 2.31. The van der Waals surface area contributed by atoms with Crippen LogP contribution in [0.15, 0.2) is 38.1 Å². The molecule has 2 heterocycles. The third-order valence-corrected chi connectivity index (χ3v) is 3.84. The first-order valence-electron chi connectivity index (χ1n) is 5.77. The number of nitrogens with one attached hydrogen (secondary N) is 2. The van der Waals surface area contributed by atoms with Crippen LogP contribution in [0, 0.1) is 6.92 Å². The molecule has 1 atom stereocenters. The Balaban J connectivity index is 2.16. The molecule has 0 bridgehead atoms. The third-order valence-electron chi connectivity index (χ3n) is 3.15. The molecule has 0 aliphatic carbocycles. The Morgan fingerprint density at radius 3 is 2.63 bits per heavy atom. The molecule has 3 rings (SSSR count). The smallest absolute Gasteiger partial charge is 0.323 e. The van der Waals surface area contributed by atoms with Gasteiger partial charge in [-0.3, -0.25) is 0 Å². The quantitative estimate of drug-likeness (QED) is 0.677. The molecule has 5 nitrogen and oxygen atoms in total. The van der Waals surface area contributed by atoms with E-state index in [-0.39, 0.29) is 11.7 Å². The van der Waals surface area contributed by atoms with Gasteiger partial charge in [0.05, 0.1) is 23.3 Å². The molecule has 6 heteroatoms. The van der Waals surface area contributed by atoms with Crippen LogP contribution in [-0.2, 0) is 0 Å². The van der Waals surface area contributed by atoms with Crippen molar-refractivity contribution in [3.63, 3.8) is 0 Å². The van der Waals surface area contributed by atoms with Gasteiger partial charge < -0.3 is 20.1 Å². The fourth-order valence-electron chi connectivity index (χ4n) is 2.16. The van der Waals surface area contributed by atoms with Crippen LogP contribution >= 0.6 is 15.9 Å². The summed E-state index contributed by atoms with van der Waals surface area (Å²) in [4.78, 5) is 16.7. The standard InChI is InChI=1S/C13H12BrN3O2/c1-6-2-3-19-12(6)11(15)7-4-9-10(5-8(7)14)17-13(18)16-9/h2-5,11H,15H2,1H3,(H2,16,17,18). The van der Waals surface area contributed by atoms with E-state index in [1.807, 2.05) is 25.1 Å². The summed E-state index contributed by atoms with van der Waals surface area (Å²) in [7, 11) is 0. The second-order valence-electron chi connectivity index (χ2n) is 4.44. The molecule has 0 spiro atoms. The van der Waals surface area contributed by atoms with Crippen molar-refractivity contribution >= 4 is 27.0 Å². The van der Waals surface area contributed by atoms with E-state index in [1.54, 1.807) is 6.26 Å². The van der Waals surface area contributed by atoms with E-state index in [4.69, 9.17) is 10.2 Å². The van der Waals surface area contributed by atoms with Crippen LogP contribution in [0.3, 0.4) is 0 Å². The van der Waals surface area contributed by atoms with E-state index in [1.165, 1.54) is 0 Å². The number of imidazole rings is 1. The SMILES string of the molecule is Cc1ccoc1C(N)c1cc2[nH]c(=O)[nH]c2cc1Br. The molecule has 0 aliphatic heterocycles. The summed E-state index contributed by atoms with van der Waals surface area (Å²) >= 11 is 3.48. The van der Waals surface area contributed by atoms with Crippen molar-refractivity contribution in [2.45, 2.75) is 13.0 Å². The van der Waals surface area contributed by atoms with Gasteiger partial charge in [-0.15, -0.1) is 0 Å². The zero-order valence-corrected chi connectivity index (χ0v) is 11.7. The van der Waals surface area contributed by atoms with Gasteiger partial charge in [-0.05, 0) is 36.2 Å². The fourth-order valence-corrected chi connectivity index (χ4v) is 2.75. The highest BCUT2D eigenvalue weighted by Gasteiger charge is 2.18.